The molecule has 1 fully saturated rings. The van der Waals surface area contributed by atoms with Crippen LogP contribution in [-0.4, -0.2) is 49.6 Å². The van der Waals surface area contributed by atoms with E-state index < -0.39 is 16.0 Å². The van der Waals surface area contributed by atoms with Crippen LogP contribution in [-0.2, 0) is 14.8 Å². The van der Waals surface area contributed by atoms with Gasteiger partial charge in [0.1, 0.15) is 5.75 Å². The summed E-state index contributed by atoms with van der Waals surface area (Å²) in [5.41, 5.74) is 1.38. The maximum Gasteiger partial charge on any atom is 0.340 e. The van der Waals surface area contributed by atoms with Crippen molar-refractivity contribution in [2.24, 2.45) is 0 Å². The quantitative estimate of drug-likeness (QED) is 0.542. The third-order valence-electron chi connectivity index (χ3n) is 5.50. The molecule has 31 heavy (non-hydrogen) atoms. The second kappa shape index (κ2) is 8.36. The monoisotopic (exact) mass is 442 g/mol. The molecule has 1 saturated heterocycles. The minimum atomic E-state index is -3.62. The Hall–Kier alpha value is -2.84. The summed E-state index contributed by atoms with van der Waals surface area (Å²) in [7, 11) is -2.26. The highest BCUT2D eigenvalue weighted by Gasteiger charge is 2.34. The van der Waals surface area contributed by atoms with Gasteiger partial charge in [0.2, 0.25) is 10.0 Å². The summed E-state index contributed by atoms with van der Waals surface area (Å²) in [5.74, 6) is 0.239. The fraction of sp³-hybridized carbons (Fsp3) is 0.348. The number of hydrogen-bond acceptors (Lipinski definition) is 5. The predicted molar refractivity (Wildman–Crippen MR) is 118 cm³/mol. The van der Waals surface area contributed by atoms with Crippen LogP contribution in [0.1, 0.15) is 36.7 Å². The summed E-state index contributed by atoms with van der Waals surface area (Å²) >= 11 is 0. The molecule has 4 rings (SSSR count). The van der Waals surface area contributed by atoms with E-state index in [1.165, 1.54) is 11.4 Å². The molecule has 7 nitrogen and oxygen atoms in total. The van der Waals surface area contributed by atoms with Gasteiger partial charge < -0.3 is 14.0 Å². The normalized spacial score (nSPS) is 17.4. The van der Waals surface area contributed by atoms with E-state index in [4.69, 9.17) is 9.47 Å². The maximum atomic E-state index is 13.2. The molecule has 8 heteroatoms. The molecule has 1 aliphatic rings. The van der Waals surface area contributed by atoms with Gasteiger partial charge in [0, 0.05) is 36.2 Å². The van der Waals surface area contributed by atoms with Crippen LogP contribution in [0.25, 0.3) is 10.9 Å². The first-order chi connectivity index (χ1) is 14.8. The molecule has 2 aromatic carbocycles. The van der Waals surface area contributed by atoms with Gasteiger partial charge in [-0.2, -0.15) is 4.31 Å². The first-order valence-electron chi connectivity index (χ1n) is 10.3. The Morgan fingerprint density at radius 1 is 1.10 bits per heavy atom. The van der Waals surface area contributed by atoms with Crippen molar-refractivity contribution in [2.75, 3.05) is 20.2 Å². The minimum absolute atomic E-state index is 0.0214. The molecule has 1 atom stereocenters. The van der Waals surface area contributed by atoms with Gasteiger partial charge >= 0.3 is 5.97 Å². The molecule has 164 valence electrons. The number of carbonyl (C=O) groups excluding carboxylic acids is 1. The van der Waals surface area contributed by atoms with E-state index >= 15 is 0 Å². The number of sulfonamides is 1. The number of fused-ring (bicyclic) bond motifs is 1. The molecule has 0 saturated carbocycles. The molecule has 1 aliphatic heterocycles. The lowest BCUT2D eigenvalue weighted by molar-refractivity contribution is 0.0602. The van der Waals surface area contributed by atoms with Crippen molar-refractivity contribution in [1.29, 1.82) is 0 Å². The van der Waals surface area contributed by atoms with Gasteiger partial charge in [0.25, 0.3) is 0 Å². The van der Waals surface area contributed by atoms with Gasteiger partial charge in [-0.15, -0.1) is 0 Å². The van der Waals surface area contributed by atoms with Crippen molar-refractivity contribution in [3.8, 4) is 5.75 Å². The first kappa shape index (κ1) is 21.4. The molecule has 0 radical (unpaired) electrons. The minimum Gasteiger partial charge on any atom is -0.491 e. The molecule has 0 amide bonds. The van der Waals surface area contributed by atoms with E-state index in [-0.39, 0.29) is 17.0 Å². The zero-order chi connectivity index (χ0) is 22.2. The molecule has 3 aromatic rings. The van der Waals surface area contributed by atoms with Crippen molar-refractivity contribution in [3.63, 3.8) is 0 Å². The third kappa shape index (κ3) is 4.05. The van der Waals surface area contributed by atoms with Crippen molar-refractivity contribution in [1.82, 2.24) is 8.87 Å². The molecule has 0 N–H and O–H groups in total. The number of esters is 1. The van der Waals surface area contributed by atoms with Crippen molar-refractivity contribution in [3.05, 3.63) is 60.3 Å². The average Bonchev–Trinajstić information content (AvgIpc) is 3.39. The first-order valence-corrected chi connectivity index (χ1v) is 11.7. The maximum absolute atomic E-state index is 13.2. The highest BCUT2D eigenvalue weighted by Crippen LogP contribution is 2.33. The van der Waals surface area contributed by atoms with E-state index in [9.17, 15) is 13.2 Å². The molecular weight excluding hydrogens is 416 g/mol. The Morgan fingerprint density at radius 3 is 2.48 bits per heavy atom. The summed E-state index contributed by atoms with van der Waals surface area (Å²) in [6, 6.07) is 14.1. The fourth-order valence-corrected chi connectivity index (χ4v) is 5.54. The van der Waals surface area contributed by atoms with E-state index in [0.717, 1.165) is 10.9 Å². The van der Waals surface area contributed by atoms with Gasteiger partial charge in [-0.05, 0) is 50.6 Å². The Labute approximate surface area is 182 Å². The lowest BCUT2D eigenvalue weighted by Crippen LogP contribution is -2.29. The van der Waals surface area contributed by atoms with Crippen LogP contribution in [0.2, 0.25) is 0 Å². The van der Waals surface area contributed by atoms with Crippen LogP contribution in [0.15, 0.2) is 59.6 Å². The predicted octanol–water partition coefficient (Wildman–Crippen LogP) is 3.85. The van der Waals surface area contributed by atoms with Gasteiger partial charge in [-0.1, -0.05) is 18.2 Å². The standard InChI is InChI=1S/C23H26N2O5S/c1-16(2)30-18-8-10-19(11-9-18)31(27,28)24-13-12-17(14-24)25-15-21(23(26)29-3)20-6-4-5-7-22(20)25/h4-11,15-17H,12-14H2,1-3H3. The van der Waals surface area contributed by atoms with Gasteiger partial charge in [-0.3, -0.25) is 0 Å². The van der Waals surface area contributed by atoms with E-state index in [1.54, 1.807) is 30.5 Å². The Bertz CT molecular complexity index is 1200. The van der Waals surface area contributed by atoms with Gasteiger partial charge in [-0.25, -0.2) is 13.2 Å². The number of aromatic nitrogens is 1. The second-order valence-corrected chi connectivity index (χ2v) is 9.84. The van der Waals surface area contributed by atoms with E-state index in [0.29, 0.717) is 30.8 Å². The highest BCUT2D eigenvalue weighted by atomic mass is 32.2. The number of nitrogens with zero attached hydrogens (tertiary/aromatic N) is 2. The lowest BCUT2D eigenvalue weighted by atomic mass is 10.2. The number of ether oxygens (including phenoxy) is 2. The molecule has 2 heterocycles. The summed E-state index contributed by atoms with van der Waals surface area (Å²) in [5, 5.41) is 0.802. The van der Waals surface area contributed by atoms with Crippen molar-refractivity contribution in [2.45, 2.75) is 37.3 Å². The summed E-state index contributed by atoms with van der Waals surface area (Å²) in [4.78, 5) is 12.5. The molecule has 0 spiro atoms. The average molecular weight is 443 g/mol. The van der Waals surface area contributed by atoms with E-state index in [1.807, 2.05) is 42.7 Å². The number of carbonyl (C=O) groups is 1. The van der Waals surface area contributed by atoms with Gasteiger partial charge in [0.05, 0.1) is 23.7 Å². The Morgan fingerprint density at radius 2 is 1.81 bits per heavy atom. The molecule has 1 aromatic heterocycles. The SMILES string of the molecule is COC(=O)c1cn(C2CCN(S(=O)(=O)c3ccc(OC(C)C)cc3)C2)c2ccccc12. The second-order valence-electron chi connectivity index (χ2n) is 7.90. The summed E-state index contributed by atoms with van der Waals surface area (Å²) in [6.07, 6.45) is 2.45. The van der Waals surface area contributed by atoms with Gasteiger partial charge in [0.15, 0.2) is 0 Å². The molecule has 1 unspecified atom stereocenters. The van der Waals surface area contributed by atoms with Crippen LogP contribution < -0.4 is 4.74 Å². The molecule has 0 aliphatic carbocycles. The molecular formula is C23H26N2O5S. The molecule has 0 bridgehead atoms. The summed E-state index contributed by atoms with van der Waals surface area (Å²) in [6.45, 7) is 4.60. The number of benzene rings is 2. The third-order valence-corrected chi connectivity index (χ3v) is 7.38. The van der Waals surface area contributed by atoms with Crippen molar-refractivity contribution >= 4 is 26.9 Å². The number of para-hydroxylation sites is 1. The number of methoxy groups -OCH3 is 1. The zero-order valence-corrected chi connectivity index (χ0v) is 18.6. The van der Waals surface area contributed by atoms with Crippen LogP contribution >= 0.6 is 0 Å². The highest BCUT2D eigenvalue weighted by molar-refractivity contribution is 7.89. The van der Waals surface area contributed by atoms with Crippen LogP contribution in [0, 0.1) is 0 Å². The van der Waals surface area contributed by atoms with E-state index in [2.05, 4.69) is 0 Å². The smallest absolute Gasteiger partial charge is 0.340 e. The topological polar surface area (TPSA) is 77.8 Å². The fourth-order valence-electron chi connectivity index (χ4n) is 4.05. The van der Waals surface area contributed by atoms with Crippen LogP contribution in [0.3, 0.4) is 0 Å². The largest absolute Gasteiger partial charge is 0.491 e. The number of hydrogen-bond donors (Lipinski definition) is 0. The van der Waals surface area contributed by atoms with Crippen LogP contribution in [0.5, 0.6) is 5.75 Å². The Kier molecular flexibility index (Phi) is 5.77. The summed E-state index contributed by atoms with van der Waals surface area (Å²) < 4.78 is 40.4. The van der Waals surface area contributed by atoms with Crippen LogP contribution in [0.4, 0.5) is 0 Å². The zero-order valence-electron chi connectivity index (χ0n) is 17.8. The Balaban J connectivity index is 1.59. The van der Waals surface area contributed by atoms with Crippen molar-refractivity contribution < 1.29 is 22.7 Å². The number of rotatable bonds is 6. The lowest BCUT2D eigenvalue weighted by Gasteiger charge is -2.18.